The Morgan fingerprint density at radius 3 is 1.50 bits per heavy atom. The molecule has 0 bridgehead atoms. The van der Waals surface area contributed by atoms with Gasteiger partial charge in [-0.1, -0.05) is 0 Å². The van der Waals surface area contributed by atoms with Crippen LogP contribution in [0.2, 0.25) is 0 Å². The average molecular weight is 239 g/mol. The van der Waals surface area contributed by atoms with Gasteiger partial charge in [-0.25, -0.2) is 0 Å². The summed E-state index contributed by atoms with van der Waals surface area (Å²) < 4.78 is 43.9. The maximum absolute atomic E-state index is 11.9. The van der Waals surface area contributed by atoms with E-state index in [1.165, 1.54) is 0 Å². The van der Waals surface area contributed by atoms with Crippen molar-refractivity contribution in [2.24, 2.45) is 0 Å². The van der Waals surface area contributed by atoms with Crippen molar-refractivity contribution in [3.05, 3.63) is 0 Å². The summed E-state index contributed by atoms with van der Waals surface area (Å²) in [6.07, 6.45) is 0. The average Bonchev–Trinajstić information content (AvgIpc) is 1.84. The molecule has 0 aromatic carbocycles. The van der Waals surface area contributed by atoms with E-state index < -0.39 is 13.0 Å². The highest BCUT2D eigenvalue weighted by Gasteiger charge is 2.60. The molecule has 62 valence electrons. The maximum atomic E-state index is 11.9. The Balaban J connectivity index is 4.33. The van der Waals surface area contributed by atoms with Crippen molar-refractivity contribution < 1.29 is 22.0 Å². The third kappa shape index (κ3) is 1.94. The first-order valence-electron chi connectivity index (χ1n) is 2.23. The van der Waals surface area contributed by atoms with Gasteiger partial charge >= 0.3 is 13.0 Å². The van der Waals surface area contributed by atoms with Crippen molar-refractivity contribution >= 4 is 22.5 Å². The van der Waals surface area contributed by atoms with Crippen molar-refractivity contribution in [2.75, 3.05) is 14.2 Å². The zero-order valence-electron chi connectivity index (χ0n) is 5.33. The fraction of sp³-hybridized carbons (Fsp3) is 1.00. The molecule has 0 saturated heterocycles. The number of alkyl halides is 3. The predicted octanol–water partition coefficient (Wildman–Crippen LogP) is 1.71. The topological polar surface area (TPSA) is 18.5 Å². The summed E-state index contributed by atoms with van der Waals surface area (Å²) in [7, 11) is -2.17. The molecule has 0 rings (SSSR count). The molecule has 0 N–H and O–H groups in total. The Hall–Kier alpha value is 0.407. The lowest BCUT2D eigenvalue weighted by molar-refractivity contribution is -0.0847. The fourth-order valence-corrected chi connectivity index (χ4v) is 0.944. The van der Waals surface area contributed by atoms with Gasteiger partial charge in [-0.2, -0.15) is 13.2 Å². The molecule has 0 aliphatic carbocycles. The smallest absolute Gasteiger partial charge is 0.384 e. The quantitative estimate of drug-likeness (QED) is 0.539. The van der Waals surface area contributed by atoms with Gasteiger partial charge in [0.2, 0.25) is 0 Å². The van der Waals surface area contributed by atoms with E-state index >= 15 is 0 Å². The van der Waals surface area contributed by atoms with E-state index in [4.69, 9.17) is 0 Å². The largest absolute Gasteiger partial charge is 0.531 e. The normalized spacial score (nSPS) is 13.8. The van der Waals surface area contributed by atoms with Crippen LogP contribution in [0.5, 0.6) is 0 Å². The van der Waals surface area contributed by atoms with Gasteiger partial charge in [-0.3, -0.25) is 0 Å². The summed E-state index contributed by atoms with van der Waals surface area (Å²) in [6, 6.07) is 0. The second-order valence-electron chi connectivity index (χ2n) is 1.44. The lowest BCUT2D eigenvalue weighted by Gasteiger charge is -2.22. The van der Waals surface area contributed by atoms with Crippen molar-refractivity contribution in [1.82, 2.24) is 0 Å². The minimum atomic E-state index is -4.43. The highest BCUT2D eigenvalue weighted by molar-refractivity contribution is 9.25. The van der Waals surface area contributed by atoms with Gasteiger partial charge in [0.15, 0.2) is 0 Å². The molecule has 0 aliphatic rings. The molecule has 0 spiro atoms. The van der Waals surface area contributed by atoms with Gasteiger partial charge in [-0.05, 0) is 15.3 Å². The van der Waals surface area contributed by atoms with E-state index in [1.54, 1.807) is 0 Å². The van der Waals surface area contributed by atoms with Gasteiger partial charge in [0.05, 0.1) is 0 Å². The molecule has 0 aromatic rings. The van der Waals surface area contributed by atoms with Crippen LogP contribution in [0.15, 0.2) is 0 Å². The molecule has 0 saturated carbocycles. The molecular weight excluding hydrogens is 233 g/mol. The molecule has 0 heterocycles. The molecule has 0 radical (unpaired) electrons. The van der Waals surface area contributed by atoms with Crippen LogP contribution in [0.25, 0.3) is 0 Å². The number of halogens is 4. The van der Waals surface area contributed by atoms with Gasteiger partial charge in [-0.15, -0.1) is 0 Å². The lowest BCUT2D eigenvalue weighted by Crippen LogP contribution is -2.49. The molecule has 0 amide bonds. The van der Waals surface area contributed by atoms with Crippen molar-refractivity contribution in [3.8, 4) is 0 Å². The molecule has 7 heteroatoms. The predicted molar refractivity (Wildman–Crippen MR) is 34.8 cm³/mol. The van der Waals surface area contributed by atoms with Crippen molar-refractivity contribution in [3.63, 3.8) is 0 Å². The van der Waals surface area contributed by atoms with Crippen molar-refractivity contribution in [2.45, 2.75) is 5.80 Å². The van der Waals surface area contributed by atoms with Crippen LogP contribution >= 0.6 is 15.3 Å². The lowest BCUT2D eigenvalue weighted by atomic mass is 11.5. The Morgan fingerprint density at radius 2 is 1.50 bits per heavy atom. The van der Waals surface area contributed by atoms with Crippen LogP contribution in [0.3, 0.4) is 0 Å². The van der Waals surface area contributed by atoms with Gasteiger partial charge in [0.25, 0.3) is 0 Å². The monoisotopic (exact) mass is 238 g/mol. The minimum Gasteiger partial charge on any atom is -0.384 e. The summed E-state index contributed by atoms with van der Waals surface area (Å²) in [4.78, 5) is 0. The SMILES string of the molecule is CO[Si](Br)(OC)C(F)(F)F. The summed E-state index contributed by atoms with van der Waals surface area (Å²) in [5.41, 5.74) is 0. The maximum Gasteiger partial charge on any atom is 0.531 e. The van der Waals surface area contributed by atoms with E-state index in [-0.39, 0.29) is 0 Å². The minimum absolute atomic E-state index is 0.956. The Labute approximate surface area is 65.1 Å². The second kappa shape index (κ2) is 3.20. The fourth-order valence-electron chi connectivity index (χ4n) is 0.315. The van der Waals surface area contributed by atoms with Crippen LogP contribution in [0.1, 0.15) is 0 Å². The summed E-state index contributed by atoms with van der Waals surface area (Å²) in [6.45, 7) is 0. The second-order valence-corrected chi connectivity index (χ2v) is 7.03. The van der Waals surface area contributed by atoms with Crippen LogP contribution in [-0.4, -0.2) is 27.2 Å². The highest BCUT2D eigenvalue weighted by atomic mass is 79.9. The molecule has 0 aromatic heterocycles. The van der Waals surface area contributed by atoms with Gasteiger partial charge < -0.3 is 8.85 Å². The third-order valence-electron chi connectivity index (χ3n) is 0.864. The Bertz CT molecular complexity index is 113. The van der Waals surface area contributed by atoms with Crippen molar-refractivity contribution in [1.29, 1.82) is 0 Å². The first-order chi connectivity index (χ1) is 4.37. The van der Waals surface area contributed by atoms with Crippen LogP contribution < -0.4 is 0 Å². The Kier molecular flexibility index (Phi) is 3.33. The third-order valence-corrected chi connectivity index (χ3v) is 5.88. The van der Waals surface area contributed by atoms with E-state index in [2.05, 4.69) is 24.1 Å². The van der Waals surface area contributed by atoms with Gasteiger partial charge in [0.1, 0.15) is 0 Å². The van der Waals surface area contributed by atoms with Crippen LogP contribution in [0, 0.1) is 0 Å². The van der Waals surface area contributed by atoms with Gasteiger partial charge in [0, 0.05) is 14.2 Å². The zero-order valence-corrected chi connectivity index (χ0v) is 7.91. The number of rotatable bonds is 2. The zero-order chi connectivity index (χ0) is 8.41. The first kappa shape index (κ1) is 10.4. The molecule has 2 nitrogen and oxygen atoms in total. The molecule has 0 aliphatic heterocycles. The van der Waals surface area contributed by atoms with E-state index in [0.717, 1.165) is 14.2 Å². The van der Waals surface area contributed by atoms with E-state index in [9.17, 15) is 13.2 Å². The molecular formula is C3H6BrF3O2Si. The molecule has 0 atom stereocenters. The van der Waals surface area contributed by atoms with E-state index in [0.29, 0.717) is 0 Å². The summed E-state index contributed by atoms with van der Waals surface area (Å²) in [5.74, 6) is -4.43. The standard InChI is InChI=1S/C3H6BrF3O2Si/c1-8-10(4,9-2)3(5,6)7/h1-2H3. The highest BCUT2D eigenvalue weighted by Crippen LogP contribution is 2.33. The number of hydrogen-bond donors (Lipinski definition) is 0. The molecule has 0 unspecified atom stereocenters. The Morgan fingerprint density at radius 1 is 1.20 bits per heavy atom. The number of hydrogen-bond acceptors (Lipinski definition) is 2. The van der Waals surface area contributed by atoms with Crippen LogP contribution in [-0.2, 0) is 8.85 Å². The summed E-state index contributed by atoms with van der Waals surface area (Å²) in [5, 5.41) is 0. The molecule has 0 fully saturated rings. The van der Waals surface area contributed by atoms with E-state index in [1.807, 2.05) is 0 Å². The van der Waals surface area contributed by atoms with Crippen LogP contribution in [0.4, 0.5) is 13.2 Å². The summed E-state index contributed by atoms with van der Waals surface area (Å²) >= 11 is 2.37. The first-order valence-corrected chi connectivity index (χ1v) is 6.30. The molecule has 10 heavy (non-hydrogen) atoms.